The molecule has 1 aliphatic rings. The molecule has 2 atom stereocenters. The number of amides is 1. The Kier molecular flexibility index (Phi) is 5.34. The van der Waals surface area contributed by atoms with Crippen LogP contribution in [0.1, 0.15) is 35.2 Å². The van der Waals surface area contributed by atoms with Crippen LogP contribution < -0.4 is 10.2 Å². The van der Waals surface area contributed by atoms with Crippen LogP contribution in [0.15, 0.2) is 24.3 Å². The van der Waals surface area contributed by atoms with E-state index in [1.54, 1.807) is 11.3 Å². The van der Waals surface area contributed by atoms with E-state index in [2.05, 4.69) is 35.4 Å². The topological polar surface area (TPSA) is 78.4 Å². The Morgan fingerprint density at radius 3 is 2.76 bits per heavy atom. The lowest BCUT2D eigenvalue weighted by atomic mass is 10.2. The zero-order chi connectivity index (χ0) is 18.0. The number of hydrogen-bond donors (Lipinski definition) is 2. The van der Waals surface area contributed by atoms with Gasteiger partial charge in [-0.3, -0.25) is 4.79 Å². The molecule has 0 unspecified atom stereocenters. The summed E-state index contributed by atoms with van der Waals surface area (Å²) in [4.78, 5) is 16.6. The minimum atomic E-state index is -0.610. The van der Waals surface area contributed by atoms with E-state index in [1.807, 2.05) is 30.0 Å². The monoisotopic (exact) mass is 360 g/mol. The van der Waals surface area contributed by atoms with Gasteiger partial charge in [0.1, 0.15) is 0 Å². The van der Waals surface area contributed by atoms with Crippen molar-refractivity contribution in [2.75, 3.05) is 18.0 Å². The highest BCUT2D eigenvalue weighted by Crippen LogP contribution is 2.24. The average molecular weight is 360 g/mol. The molecule has 3 rings (SSSR count). The van der Waals surface area contributed by atoms with E-state index in [-0.39, 0.29) is 11.9 Å². The second-order valence-corrected chi connectivity index (χ2v) is 8.01. The van der Waals surface area contributed by atoms with Crippen LogP contribution in [0.4, 0.5) is 5.82 Å². The van der Waals surface area contributed by atoms with Crippen LogP contribution in [0.5, 0.6) is 0 Å². The second-order valence-electron chi connectivity index (χ2n) is 6.81. The van der Waals surface area contributed by atoms with Crippen LogP contribution in [0.2, 0.25) is 0 Å². The molecule has 2 N–H and O–H groups in total. The van der Waals surface area contributed by atoms with E-state index in [4.69, 9.17) is 0 Å². The number of aryl methyl sites for hydroxylation is 1. The largest absolute Gasteiger partial charge is 0.389 e. The quantitative estimate of drug-likeness (QED) is 0.851. The SMILES string of the molecule is Cc1ccc(N2C[C@@H](O)[C@H](NC(=O)Cc3ccc(C(C)C)s3)C2)nn1. The van der Waals surface area contributed by atoms with Crippen molar-refractivity contribution in [3.63, 3.8) is 0 Å². The van der Waals surface area contributed by atoms with E-state index in [1.165, 1.54) is 4.88 Å². The number of nitrogens with zero attached hydrogens (tertiary/aromatic N) is 3. The van der Waals surface area contributed by atoms with Crippen LogP contribution in [0.25, 0.3) is 0 Å². The second kappa shape index (κ2) is 7.49. The van der Waals surface area contributed by atoms with Crippen molar-refractivity contribution in [2.24, 2.45) is 0 Å². The molecule has 0 spiro atoms. The average Bonchev–Trinajstić information content (AvgIpc) is 3.16. The van der Waals surface area contributed by atoms with Crippen molar-refractivity contribution in [2.45, 2.75) is 45.3 Å². The Hall–Kier alpha value is -1.99. The van der Waals surface area contributed by atoms with Gasteiger partial charge < -0.3 is 15.3 Å². The Morgan fingerprint density at radius 2 is 2.12 bits per heavy atom. The molecule has 2 aromatic rings. The number of carbonyl (C=O) groups is 1. The summed E-state index contributed by atoms with van der Waals surface area (Å²) in [5, 5.41) is 21.4. The molecule has 0 aromatic carbocycles. The first-order valence-electron chi connectivity index (χ1n) is 8.53. The van der Waals surface area contributed by atoms with Gasteiger partial charge in [-0.05, 0) is 37.1 Å². The van der Waals surface area contributed by atoms with Crippen molar-refractivity contribution in [1.29, 1.82) is 0 Å². The summed E-state index contributed by atoms with van der Waals surface area (Å²) in [6.07, 6.45) is -0.257. The number of anilines is 1. The van der Waals surface area contributed by atoms with Gasteiger partial charge in [-0.1, -0.05) is 13.8 Å². The molecule has 1 aliphatic heterocycles. The van der Waals surface area contributed by atoms with E-state index < -0.39 is 6.10 Å². The van der Waals surface area contributed by atoms with Gasteiger partial charge >= 0.3 is 0 Å². The molecule has 3 heterocycles. The highest BCUT2D eigenvalue weighted by Gasteiger charge is 2.33. The summed E-state index contributed by atoms with van der Waals surface area (Å²) < 4.78 is 0. The molecule has 0 bridgehead atoms. The molecule has 1 amide bonds. The Morgan fingerprint density at radius 1 is 1.32 bits per heavy atom. The van der Waals surface area contributed by atoms with E-state index in [9.17, 15) is 9.90 Å². The number of aliphatic hydroxyl groups is 1. The maximum absolute atomic E-state index is 12.3. The van der Waals surface area contributed by atoms with Gasteiger partial charge in [0.25, 0.3) is 0 Å². The van der Waals surface area contributed by atoms with Gasteiger partial charge in [-0.2, -0.15) is 5.10 Å². The summed E-state index contributed by atoms with van der Waals surface area (Å²) in [5.74, 6) is 1.14. The first-order chi connectivity index (χ1) is 11.9. The Labute approximate surface area is 151 Å². The predicted octanol–water partition coefficient (Wildman–Crippen LogP) is 1.88. The van der Waals surface area contributed by atoms with Gasteiger partial charge in [-0.25, -0.2) is 0 Å². The van der Waals surface area contributed by atoms with Crippen LogP contribution >= 0.6 is 11.3 Å². The fourth-order valence-electron chi connectivity index (χ4n) is 2.89. The smallest absolute Gasteiger partial charge is 0.225 e. The summed E-state index contributed by atoms with van der Waals surface area (Å²) >= 11 is 1.67. The normalized spacial score (nSPS) is 20.3. The van der Waals surface area contributed by atoms with Crippen molar-refractivity contribution in [1.82, 2.24) is 15.5 Å². The lowest BCUT2D eigenvalue weighted by Gasteiger charge is -2.17. The summed E-state index contributed by atoms with van der Waals surface area (Å²) in [5.41, 5.74) is 0.852. The third kappa shape index (κ3) is 4.35. The summed E-state index contributed by atoms with van der Waals surface area (Å²) in [7, 11) is 0. The van der Waals surface area contributed by atoms with Crippen LogP contribution in [0, 0.1) is 6.92 Å². The lowest BCUT2D eigenvalue weighted by Crippen LogP contribution is -2.43. The fraction of sp³-hybridized carbons (Fsp3) is 0.500. The summed E-state index contributed by atoms with van der Waals surface area (Å²) in [6, 6.07) is 7.58. The van der Waals surface area contributed by atoms with Crippen molar-refractivity contribution >= 4 is 23.1 Å². The highest BCUT2D eigenvalue weighted by molar-refractivity contribution is 7.12. The highest BCUT2D eigenvalue weighted by atomic mass is 32.1. The predicted molar refractivity (Wildman–Crippen MR) is 99.0 cm³/mol. The molecule has 134 valence electrons. The number of β-amino-alcohol motifs (C(OH)–C–C–N with tert-alkyl or cyclic N) is 1. The number of aromatic nitrogens is 2. The molecular weight excluding hydrogens is 336 g/mol. The molecule has 0 saturated carbocycles. The number of nitrogens with one attached hydrogen (secondary N) is 1. The molecule has 0 aliphatic carbocycles. The molecule has 2 aromatic heterocycles. The van der Waals surface area contributed by atoms with Gasteiger partial charge in [-0.15, -0.1) is 16.4 Å². The maximum Gasteiger partial charge on any atom is 0.225 e. The zero-order valence-electron chi connectivity index (χ0n) is 14.8. The van der Waals surface area contributed by atoms with Gasteiger partial charge in [0.2, 0.25) is 5.91 Å². The molecule has 1 fully saturated rings. The third-order valence-electron chi connectivity index (χ3n) is 4.33. The maximum atomic E-state index is 12.3. The van der Waals surface area contributed by atoms with Crippen LogP contribution in [-0.4, -0.2) is 46.4 Å². The summed E-state index contributed by atoms with van der Waals surface area (Å²) in [6.45, 7) is 7.15. The van der Waals surface area contributed by atoms with E-state index in [0.29, 0.717) is 25.4 Å². The Bertz CT molecular complexity index is 729. The third-order valence-corrected chi connectivity index (χ3v) is 5.72. The van der Waals surface area contributed by atoms with Crippen molar-refractivity contribution in [3.05, 3.63) is 39.7 Å². The molecular formula is C18H24N4O2S. The first kappa shape index (κ1) is 17.8. The zero-order valence-corrected chi connectivity index (χ0v) is 15.6. The van der Waals surface area contributed by atoms with Crippen LogP contribution in [-0.2, 0) is 11.2 Å². The molecule has 7 heteroatoms. The first-order valence-corrected chi connectivity index (χ1v) is 9.35. The van der Waals surface area contributed by atoms with Gasteiger partial charge in [0, 0.05) is 22.8 Å². The fourth-order valence-corrected chi connectivity index (χ4v) is 3.91. The number of carbonyl (C=O) groups excluding carboxylic acids is 1. The van der Waals surface area contributed by atoms with Crippen molar-refractivity contribution < 1.29 is 9.90 Å². The molecule has 1 saturated heterocycles. The Balaban J connectivity index is 1.56. The molecule has 25 heavy (non-hydrogen) atoms. The lowest BCUT2D eigenvalue weighted by molar-refractivity contribution is -0.121. The standard InChI is InChI=1S/C18H24N4O2S/c1-11(2)16-6-5-13(25-16)8-18(24)19-14-9-22(10-15(14)23)17-7-4-12(3)20-21-17/h4-7,11,14-15,23H,8-10H2,1-3H3,(H,19,24)/t14-,15-/m1/s1. The van der Waals surface area contributed by atoms with Crippen LogP contribution in [0.3, 0.4) is 0 Å². The van der Waals surface area contributed by atoms with E-state index in [0.717, 1.165) is 16.4 Å². The minimum Gasteiger partial charge on any atom is -0.389 e. The number of aliphatic hydroxyl groups excluding tert-OH is 1. The minimum absolute atomic E-state index is 0.0574. The molecule has 6 nitrogen and oxygen atoms in total. The van der Waals surface area contributed by atoms with Gasteiger partial charge in [0.05, 0.1) is 24.3 Å². The number of hydrogen-bond acceptors (Lipinski definition) is 6. The number of rotatable bonds is 5. The van der Waals surface area contributed by atoms with Gasteiger partial charge in [0.15, 0.2) is 5.82 Å². The molecule has 0 radical (unpaired) electrons. The number of thiophene rings is 1. The van der Waals surface area contributed by atoms with E-state index >= 15 is 0 Å². The van der Waals surface area contributed by atoms with Crippen molar-refractivity contribution in [3.8, 4) is 0 Å².